The van der Waals surface area contributed by atoms with E-state index in [0.29, 0.717) is 18.3 Å². The molecule has 2 atom stereocenters. The molecular weight excluding hydrogens is 324 g/mol. The predicted molar refractivity (Wildman–Crippen MR) is 94.5 cm³/mol. The van der Waals surface area contributed by atoms with Crippen molar-refractivity contribution in [2.45, 2.75) is 39.0 Å². The third kappa shape index (κ3) is 5.20. The summed E-state index contributed by atoms with van der Waals surface area (Å²) in [5, 5.41) is 2.07. The van der Waals surface area contributed by atoms with Crippen molar-refractivity contribution in [1.82, 2.24) is 0 Å². The zero-order chi connectivity index (χ0) is 17.5. The molecule has 0 spiro atoms. The van der Waals surface area contributed by atoms with Gasteiger partial charge < -0.3 is 9.47 Å². The monoisotopic (exact) mass is 346 g/mol. The fourth-order valence-corrected chi connectivity index (χ4v) is 3.58. The van der Waals surface area contributed by atoms with Gasteiger partial charge in [0.05, 0.1) is 6.61 Å². The van der Waals surface area contributed by atoms with Crippen molar-refractivity contribution >= 4 is 23.3 Å². The zero-order valence-corrected chi connectivity index (χ0v) is 15.0. The molecule has 0 saturated carbocycles. The Labute approximate surface area is 146 Å². The van der Waals surface area contributed by atoms with E-state index in [4.69, 9.17) is 9.47 Å². The average Bonchev–Trinajstić information content (AvgIpc) is 3.05. The van der Waals surface area contributed by atoms with E-state index >= 15 is 0 Å². The molecule has 1 aromatic carbocycles. The van der Waals surface area contributed by atoms with Gasteiger partial charge in [-0.1, -0.05) is 25.1 Å². The highest BCUT2D eigenvalue weighted by Crippen LogP contribution is 2.37. The second-order valence-corrected chi connectivity index (χ2v) is 6.68. The van der Waals surface area contributed by atoms with Crippen molar-refractivity contribution in [2.24, 2.45) is 0 Å². The summed E-state index contributed by atoms with van der Waals surface area (Å²) < 4.78 is 10.2. The standard InChI is InChI=1S/C19H22O4S/c1-13(19-5-4-12-24-19)18(10-11-22-14(2)20)16-6-8-17(9-7-16)23-15(3)21/h4-9,12-13,18H,10-11H2,1-3H3. The Balaban J connectivity index is 2.17. The maximum absolute atomic E-state index is 11.0. The number of thiophene rings is 1. The van der Waals surface area contributed by atoms with E-state index in [1.807, 2.05) is 18.2 Å². The lowest BCUT2D eigenvalue weighted by Gasteiger charge is -2.24. The number of esters is 2. The molecule has 1 aromatic heterocycles. The smallest absolute Gasteiger partial charge is 0.308 e. The lowest BCUT2D eigenvalue weighted by molar-refractivity contribution is -0.141. The molecule has 5 heteroatoms. The quantitative estimate of drug-likeness (QED) is 0.546. The molecule has 0 fully saturated rings. The first kappa shape index (κ1) is 18.2. The first-order chi connectivity index (χ1) is 11.5. The van der Waals surface area contributed by atoms with Crippen LogP contribution in [0.4, 0.5) is 0 Å². The molecule has 0 saturated heterocycles. The van der Waals surface area contributed by atoms with Crippen molar-refractivity contribution in [3.05, 3.63) is 52.2 Å². The third-order valence-electron chi connectivity index (χ3n) is 3.90. The van der Waals surface area contributed by atoms with E-state index in [0.717, 1.165) is 12.0 Å². The van der Waals surface area contributed by atoms with Gasteiger partial charge in [-0.2, -0.15) is 0 Å². The van der Waals surface area contributed by atoms with Gasteiger partial charge in [0.1, 0.15) is 5.75 Å². The molecule has 0 bridgehead atoms. The van der Waals surface area contributed by atoms with Crippen LogP contribution in [0, 0.1) is 0 Å². The number of hydrogen-bond donors (Lipinski definition) is 0. The van der Waals surface area contributed by atoms with Crippen molar-refractivity contribution in [1.29, 1.82) is 0 Å². The van der Waals surface area contributed by atoms with Crippen LogP contribution in [-0.4, -0.2) is 18.5 Å². The molecule has 24 heavy (non-hydrogen) atoms. The summed E-state index contributed by atoms with van der Waals surface area (Å²) in [6.07, 6.45) is 0.742. The predicted octanol–water partition coefficient (Wildman–Crippen LogP) is 4.51. The van der Waals surface area contributed by atoms with Crippen LogP contribution in [0.2, 0.25) is 0 Å². The molecule has 0 aliphatic heterocycles. The van der Waals surface area contributed by atoms with E-state index in [9.17, 15) is 9.59 Å². The highest BCUT2D eigenvalue weighted by molar-refractivity contribution is 7.10. The van der Waals surface area contributed by atoms with Gasteiger partial charge in [0, 0.05) is 18.7 Å². The molecular formula is C19H22O4S. The lowest BCUT2D eigenvalue weighted by atomic mass is 9.84. The molecule has 0 amide bonds. The summed E-state index contributed by atoms with van der Waals surface area (Å²) in [5.41, 5.74) is 1.14. The summed E-state index contributed by atoms with van der Waals surface area (Å²) >= 11 is 1.73. The van der Waals surface area contributed by atoms with E-state index in [1.54, 1.807) is 23.5 Å². The Bertz CT molecular complexity index is 661. The SMILES string of the molecule is CC(=O)OCCC(c1ccc(OC(C)=O)cc1)C(C)c1cccs1. The fraction of sp³-hybridized carbons (Fsp3) is 0.368. The Morgan fingerprint density at radius 3 is 2.33 bits per heavy atom. The fourth-order valence-electron chi connectivity index (χ4n) is 2.73. The van der Waals surface area contributed by atoms with Crippen molar-refractivity contribution in [3.8, 4) is 5.75 Å². The van der Waals surface area contributed by atoms with Gasteiger partial charge in [0.2, 0.25) is 0 Å². The summed E-state index contributed by atoms with van der Waals surface area (Å²) in [6.45, 7) is 5.38. The average molecular weight is 346 g/mol. The third-order valence-corrected chi connectivity index (χ3v) is 4.97. The van der Waals surface area contributed by atoms with Crippen molar-refractivity contribution in [3.63, 3.8) is 0 Å². The molecule has 0 aliphatic rings. The van der Waals surface area contributed by atoms with Gasteiger partial charge in [0.25, 0.3) is 0 Å². The Morgan fingerprint density at radius 2 is 1.79 bits per heavy atom. The van der Waals surface area contributed by atoms with Crippen LogP contribution in [0.25, 0.3) is 0 Å². The molecule has 0 radical (unpaired) electrons. The second kappa shape index (κ2) is 8.64. The minimum Gasteiger partial charge on any atom is -0.466 e. The Morgan fingerprint density at radius 1 is 1.08 bits per heavy atom. The highest BCUT2D eigenvalue weighted by Gasteiger charge is 2.22. The van der Waals surface area contributed by atoms with Crippen LogP contribution in [0.3, 0.4) is 0 Å². The first-order valence-corrected chi connectivity index (χ1v) is 8.80. The highest BCUT2D eigenvalue weighted by atomic mass is 32.1. The summed E-state index contributed by atoms with van der Waals surface area (Å²) in [7, 11) is 0. The molecule has 2 rings (SSSR count). The topological polar surface area (TPSA) is 52.6 Å². The van der Waals surface area contributed by atoms with Crippen LogP contribution in [0.15, 0.2) is 41.8 Å². The van der Waals surface area contributed by atoms with E-state index in [-0.39, 0.29) is 17.9 Å². The lowest BCUT2D eigenvalue weighted by Crippen LogP contribution is -2.12. The van der Waals surface area contributed by atoms with Gasteiger partial charge in [-0.05, 0) is 47.4 Å². The zero-order valence-electron chi connectivity index (χ0n) is 14.2. The minimum absolute atomic E-state index is 0.217. The maximum atomic E-state index is 11.0. The molecule has 2 unspecified atom stereocenters. The number of carbonyl (C=O) groups excluding carboxylic acids is 2. The maximum Gasteiger partial charge on any atom is 0.308 e. The van der Waals surface area contributed by atoms with E-state index in [1.165, 1.54) is 18.7 Å². The Kier molecular flexibility index (Phi) is 6.55. The van der Waals surface area contributed by atoms with Crippen molar-refractivity contribution in [2.75, 3.05) is 6.61 Å². The first-order valence-electron chi connectivity index (χ1n) is 7.92. The van der Waals surface area contributed by atoms with Crippen LogP contribution in [0.5, 0.6) is 5.75 Å². The second-order valence-electron chi connectivity index (χ2n) is 5.70. The molecule has 4 nitrogen and oxygen atoms in total. The van der Waals surface area contributed by atoms with Gasteiger partial charge in [-0.25, -0.2) is 0 Å². The van der Waals surface area contributed by atoms with E-state index in [2.05, 4.69) is 18.4 Å². The molecule has 2 aromatic rings. The molecule has 1 heterocycles. The van der Waals surface area contributed by atoms with Crippen LogP contribution in [-0.2, 0) is 14.3 Å². The van der Waals surface area contributed by atoms with Gasteiger partial charge in [-0.15, -0.1) is 11.3 Å². The largest absolute Gasteiger partial charge is 0.466 e. The number of benzene rings is 1. The minimum atomic E-state index is -0.332. The summed E-state index contributed by atoms with van der Waals surface area (Å²) in [6, 6.07) is 11.7. The van der Waals surface area contributed by atoms with E-state index < -0.39 is 0 Å². The van der Waals surface area contributed by atoms with Gasteiger partial charge in [0.15, 0.2) is 0 Å². The Hall–Kier alpha value is -2.14. The number of rotatable bonds is 7. The summed E-state index contributed by atoms with van der Waals surface area (Å²) in [5.74, 6) is 0.465. The van der Waals surface area contributed by atoms with Gasteiger partial charge in [-0.3, -0.25) is 9.59 Å². The number of carbonyl (C=O) groups is 2. The molecule has 128 valence electrons. The molecule has 0 N–H and O–H groups in total. The van der Waals surface area contributed by atoms with Gasteiger partial charge >= 0.3 is 11.9 Å². The number of hydrogen-bond acceptors (Lipinski definition) is 5. The summed E-state index contributed by atoms with van der Waals surface area (Å²) in [4.78, 5) is 23.4. The van der Waals surface area contributed by atoms with Crippen LogP contribution in [0.1, 0.15) is 49.5 Å². The van der Waals surface area contributed by atoms with Crippen LogP contribution >= 0.6 is 11.3 Å². The molecule has 0 aliphatic carbocycles. The normalized spacial score (nSPS) is 13.1. The number of ether oxygens (including phenoxy) is 2. The van der Waals surface area contributed by atoms with Crippen LogP contribution < -0.4 is 4.74 Å². The van der Waals surface area contributed by atoms with Crippen molar-refractivity contribution < 1.29 is 19.1 Å².